The summed E-state index contributed by atoms with van der Waals surface area (Å²) in [6.45, 7) is -0.837. The van der Waals surface area contributed by atoms with Crippen LogP contribution in [0.3, 0.4) is 0 Å². The molecule has 21 heavy (non-hydrogen) atoms. The van der Waals surface area contributed by atoms with Crippen molar-refractivity contribution < 1.29 is 23.2 Å². The van der Waals surface area contributed by atoms with Crippen molar-refractivity contribution >= 4 is 23.2 Å². The van der Waals surface area contributed by atoms with E-state index in [1.807, 2.05) is 0 Å². The SMILES string of the molecule is COc1cc([N+](=O)[O-])ccc1C(=O)N(CCCl)CC(F)F. The second-order valence-corrected chi connectivity index (χ2v) is 4.35. The Labute approximate surface area is 124 Å². The molecule has 1 aromatic carbocycles. The van der Waals surface area contributed by atoms with Crippen molar-refractivity contribution in [3.05, 3.63) is 33.9 Å². The van der Waals surface area contributed by atoms with Crippen LogP contribution in [0, 0.1) is 10.1 Å². The van der Waals surface area contributed by atoms with Gasteiger partial charge in [0.15, 0.2) is 0 Å². The van der Waals surface area contributed by atoms with Gasteiger partial charge >= 0.3 is 0 Å². The molecule has 1 aromatic rings. The van der Waals surface area contributed by atoms with Gasteiger partial charge < -0.3 is 9.64 Å². The number of alkyl halides is 3. The summed E-state index contributed by atoms with van der Waals surface area (Å²) in [6, 6.07) is 3.34. The molecule has 1 amide bonds. The van der Waals surface area contributed by atoms with E-state index in [0.29, 0.717) is 0 Å². The molecule has 0 radical (unpaired) electrons. The van der Waals surface area contributed by atoms with Crippen LogP contribution in [0.2, 0.25) is 0 Å². The van der Waals surface area contributed by atoms with Gasteiger partial charge in [0.25, 0.3) is 18.0 Å². The van der Waals surface area contributed by atoms with E-state index in [0.717, 1.165) is 17.0 Å². The molecule has 116 valence electrons. The molecule has 1 rings (SSSR count). The van der Waals surface area contributed by atoms with Gasteiger partial charge in [-0.3, -0.25) is 14.9 Å². The summed E-state index contributed by atoms with van der Waals surface area (Å²) in [5.41, 5.74) is -0.296. The lowest BCUT2D eigenvalue weighted by Gasteiger charge is -2.22. The highest BCUT2D eigenvalue weighted by Gasteiger charge is 2.23. The van der Waals surface area contributed by atoms with E-state index in [4.69, 9.17) is 16.3 Å². The van der Waals surface area contributed by atoms with Crippen molar-refractivity contribution in [2.45, 2.75) is 6.43 Å². The van der Waals surface area contributed by atoms with E-state index in [9.17, 15) is 23.7 Å². The van der Waals surface area contributed by atoms with Crippen LogP contribution in [-0.2, 0) is 0 Å². The highest BCUT2D eigenvalue weighted by Crippen LogP contribution is 2.26. The Kier molecular flexibility index (Phi) is 6.29. The molecule has 0 aliphatic heterocycles. The fourth-order valence-electron chi connectivity index (χ4n) is 1.68. The molecule has 6 nitrogen and oxygen atoms in total. The number of carbonyl (C=O) groups excluding carboxylic acids is 1. The standard InChI is InChI=1S/C12H13ClF2N2O4/c1-21-10-6-8(17(19)20)2-3-9(10)12(18)16(5-4-13)7-11(14)15/h2-3,6,11H,4-5,7H2,1H3. The van der Waals surface area contributed by atoms with E-state index in [1.165, 1.54) is 13.2 Å². The maximum atomic E-state index is 12.5. The molecule has 9 heteroatoms. The van der Waals surface area contributed by atoms with Crippen LogP contribution in [0.1, 0.15) is 10.4 Å². The lowest BCUT2D eigenvalue weighted by atomic mass is 10.1. The van der Waals surface area contributed by atoms with Crippen molar-refractivity contribution in [3.63, 3.8) is 0 Å². The molecule has 0 aliphatic carbocycles. The van der Waals surface area contributed by atoms with Gasteiger partial charge in [0.2, 0.25) is 0 Å². The fourth-order valence-corrected chi connectivity index (χ4v) is 1.89. The van der Waals surface area contributed by atoms with Crippen LogP contribution in [0.5, 0.6) is 5.75 Å². The van der Waals surface area contributed by atoms with Gasteiger partial charge in [-0.05, 0) is 6.07 Å². The van der Waals surface area contributed by atoms with E-state index in [1.54, 1.807) is 0 Å². The van der Waals surface area contributed by atoms with Crippen LogP contribution in [0.25, 0.3) is 0 Å². The predicted molar refractivity (Wildman–Crippen MR) is 72.3 cm³/mol. The van der Waals surface area contributed by atoms with Crippen LogP contribution in [0.4, 0.5) is 14.5 Å². The minimum Gasteiger partial charge on any atom is -0.496 e. The largest absolute Gasteiger partial charge is 0.496 e. The first-order chi connectivity index (χ1) is 9.90. The summed E-state index contributed by atoms with van der Waals surface area (Å²) < 4.78 is 29.9. The molecule has 0 bridgehead atoms. The van der Waals surface area contributed by atoms with Crippen molar-refractivity contribution in [3.8, 4) is 5.75 Å². The Morgan fingerprint density at radius 2 is 2.19 bits per heavy atom. The zero-order valence-corrected chi connectivity index (χ0v) is 11.8. The van der Waals surface area contributed by atoms with Gasteiger partial charge in [0.05, 0.1) is 30.2 Å². The monoisotopic (exact) mass is 322 g/mol. The number of ether oxygens (including phenoxy) is 1. The molecule has 0 N–H and O–H groups in total. The molecule has 0 unspecified atom stereocenters. The Bertz CT molecular complexity index is 528. The number of hydrogen-bond acceptors (Lipinski definition) is 4. The molecular formula is C12H13ClF2N2O4. The summed E-state index contributed by atoms with van der Waals surface area (Å²) in [5, 5.41) is 10.7. The number of halogens is 3. The normalized spacial score (nSPS) is 10.5. The molecular weight excluding hydrogens is 310 g/mol. The Morgan fingerprint density at radius 1 is 1.52 bits per heavy atom. The van der Waals surface area contributed by atoms with Gasteiger partial charge in [0.1, 0.15) is 5.75 Å². The highest BCUT2D eigenvalue weighted by atomic mass is 35.5. The maximum Gasteiger partial charge on any atom is 0.273 e. The maximum absolute atomic E-state index is 12.5. The first-order valence-corrected chi connectivity index (χ1v) is 6.40. The molecule has 0 aromatic heterocycles. The number of nitrogens with zero attached hydrogens (tertiary/aromatic N) is 2. The van der Waals surface area contributed by atoms with Crippen molar-refractivity contribution in [1.29, 1.82) is 0 Å². The van der Waals surface area contributed by atoms with Gasteiger partial charge in [-0.25, -0.2) is 8.78 Å². The van der Waals surface area contributed by atoms with Gasteiger partial charge in [-0.15, -0.1) is 11.6 Å². The highest BCUT2D eigenvalue weighted by molar-refractivity contribution is 6.18. The minimum atomic E-state index is -2.71. The van der Waals surface area contributed by atoms with Gasteiger partial charge in [-0.1, -0.05) is 0 Å². The number of rotatable bonds is 7. The third kappa shape index (κ3) is 4.52. The smallest absolute Gasteiger partial charge is 0.273 e. The summed E-state index contributed by atoms with van der Waals surface area (Å²) in [4.78, 5) is 23.1. The first-order valence-electron chi connectivity index (χ1n) is 5.86. The van der Waals surface area contributed by atoms with Crippen LogP contribution >= 0.6 is 11.6 Å². The predicted octanol–water partition coefficient (Wildman–Crippen LogP) is 2.55. The van der Waals surface area contributed by atoms with Crippen LogP contribution in [-0.4, -0.2) is 48.2 Å². The molecule has 0 fully saturated rings. The zero-order chi connectivity index (χ0) is 16.0. The third-order valence-electron chi connectivity index (χ3n) is 2.63. The van der Waals surface area contributed by atoms with E-state index >= 15 is 0 Å². The number of methoxy groups -OCH3 is 1. The number of carbonyl (C=O) groups is 1. The molecule has 0 heterocycles. The summed E-state index contributed by atoms with van der Waals surface area (Å²) >= 11 is 5.49. The summed E-state index contributed by atoms with van der Waals surface area (Å²) in [5.74, 6) is -0.779. The van der Waals surface area contributed by atoms with Gasteiger partial charge in [0, 0.05) is 18.5 Å². The first kappa shape index (κ1) is 17.1. The lowest BCUT2D eigenvalue weighted by molar-refractivity contribution is -0.384. The lowest BCUT2D eigenvalue weighted by Crippen LogP contribution is -2.36. The second-order valence-electron chi connectivity index (χ2n) is 3.97. The number of non-ortho nitro benzene ring substituents is 1. The Morgan fingerprint density at radius 3 is 2.67 bits per heavy atom. The topological polar surface area (TPSA) is 72.7 Å². The van der Waals surface area contributed by atoms with Crippen molar-refractivity contribution in [2.24, 2.45) is 0 Å². The third-order valence-corrected chi connectivity index (χ3v) is 2.80. The number of benzene rings is 1. The van der Waals surface area contributed by atoms with Crippen LogP contribution in [0.15, 0.2) is 18.2 Å². The number of nitro groups is 1. The van der Waals surface area contributed by atoms with Crippen molar-refractivity contribution in [2.75, 3.05) is 26.1 Å². The molecule has 0 aliphatic rings. The molecule has 0 saturated carbocycles. The van der Waals surface area contributed by atoms with Gasteiger partial charge in [-0.2, -0.15) is 0 Å². The Balaban J connectivity index is 3.11. The fraction of sp³-hybridized carbons (Fsp3) is 0.417. The Hall–Kier alpha value is -1.96. The molecule has 0 spiro atoms. The van der Waals surface area contributed by atoms with E-state index < -0.39 is 23.8 Å². The molecule has 0 saturated heterocycles. The molecule has 0 atom stereocenters. The number of amides is 1. The minimum absolute atomic E-state index is 0.00619. The zero-order valence-electron chi connectivity index (χ0n) is 11.1. The summed E-state index contributed by atoms with van der Waals surface area (Å²) in [7, 11) is 1.23. The van der Waals surface area contributed by atoms with E-state index in [-0.39, 0.29) is 29.4 Å². The average Bonchev–Trinajstić information content (AvgIpc) is 2.44. The summed E-state index contributed by atoms with van der Waals surface area (Å²) in [6.07, 6.45) is -2.71. The van der Waals surface area contributed by atoms with Crippen LogP contribution < -0.4 is 4.74 Å². The van der Waals surface area contributed by atoms with Crippen molar-refractivity contribution in [1.82, 2.24) is 4.90 Å². The average molecular weight is 323 g/mol. The van der Waals surface area contributed by atoms with E-state index in [2.05, 4.69) is 0 Å². The quantitative estimate of drug-likeness (QED) is 0.439. The number of hydrogen-bond donors (Lipinski definition) is 0. The number of nitro benzene ring substituents is 1. The second kappa shape index (κ2) is 7.72.